The number of fused-ring (bicyclic) bond motifs is 3. The summed E-state index contributed by atoms with van der Waals surface area (Å²) in [5, 5.41) is 24.7. The molecule has 0 saturated heterocycles. The van der Waals surface area contributed by atoms with E-state index in [2.05, 4.69) is 5.32 Å². The van der Waals surface area contributed by atoms with Crippen molar-refractivity contribution in [3.05, 3.63) is 79.9 Å². The smallest absolute Gasteiger partial charge is 0.336 e. The van der Waals surface area contributed by atoms with Gasteiger partial charge in [0.25, 0.3) is 5.69 Å². The highest BCUT2D eigenvalue weighted by Crippen LogP contribution is 2.52. The second kappa shape index (κ2) is 6.39. The average molecular weight is 385 g/mol. The summed E-state index contributed by atoms with van der Waals surface area (Å²) in [5.41, 5.74) is 3.42. The lowest BCUT2D eigenvalue weighted by Crippen LogP contribution is -2.31. The number of carboxylic acids is 1. The van der Waals surface area contributed by atoms with Crippen molar-refractivity contribution in [3.63, 3.8) is 0 Å². The summed E-state index contributed by atoms with van der Waals surface area (Å²) in [6.07, 6.45) is 4.82. The minimum absolute atomic E-state index is 0.0134. The molecule has 27 heavy (non-hydrogen) atoms. The lowest BCUT2D eigenvalue weighted by atomic mass is 9.74. The van der Waals surface area contributed by atoms with Crippen molar-refractivity contribution in [2.24, 2.45) is 5.92 Å². The van der Waals surface area contributed by atoms with E-state index in [1.54, 1.807) is 18.2 Å². The van der Waals surface area contributed by atoms with Crippen molar-refractivity contribution in [2.45, 2.75) is 25.3 Å². The van der Waals surface area contributed by atoms with E-state index in [1.165, 1.54) is 12.1 Å². The average Bonchev–Trinajstić information content (AvgIpc) is 3.11. The first-order valence-corrected chi connectivity index (χ1v) is 9.00. The number of hydrogen-bond acceptors (Lipinski definition) is 4. The Morgan fingerprint density at radius 3 is 2.81 bits per heavy atom. The molecular formula is C20H17ClN2O4. The predicted molar refractivity (Wildman–Crippen MR) is 103 cm³/mol. The zero-order valence-corrected chi connectivity index (χ0v) is 15.2. The number of aryl methyl sites for hydroxylation is 1. The van der Waals surface area contributed by atoms with E-state index in [1.807, 2.05) is 19.1 Å². The monoisotopic (exact) mass is 384 g/mol. The van der Waals surface area contributed by atoms with E-state index in [4.69, 9.17) is 11.6 Å². The molecule has 1 aliphatic heterocycles. The van der Waals surface area contributed by atoms with Crippen LogP contribution in [0.15, 0.2) is 42.5 Å². The highest BCUT2D eigenvalue weighted by molar-refractivity contribution is 6.31. The standard InChI is InChI=1S/C20H17ClN2O4/c1-10-5-7-14(20(24)25)17-12-3-2-4-13(12)19(22-18(10)17)15-9-11(23(26)27)6-8-16(15)21/h2-3,5-9,12-13,19,22H,4H2,1H3,(H,24,25)/t12-,13+,19+/m1/s1. The van der Waals surface area contributed by atoms with E-state index in [9.17, 15) is 20.0 Å². The number of non-ortho nitro benzene ring substituents is 1. The number of nitrogens with one attached hydrogen (secondary N) is 1. The molecule has 6 nitrogen and oxygen atoms in total. The van der Waals surface area contributed by atoms with Crippen molar-refractivity contribution in [3.8, 4) is 0 Å². The van der Waals surface area contributed by atoms with Crippen molar-refractivity contribution in [1.29, 1.82) is 0 Å². The zero-order valence-electron chi connectivity index (χ0n) is 14.5. The molecular weight excluding hydrogens is 368 g/mol. The first kappa shape index (κ1) is 17.5. The van der Waals surface area contributed by atoms with Gasteiger partial charge in [-0.3, -0.25) is 10.1 Å². The van der Waals surface area contributed by atoms with Crippen molar-refractivity contribution >= 4 is 28.9 Å². The number of benzene rings is 2. The van der Waals surface area contributed by atoms with Crippen molar-refractivity contribution in [1.82, 2.24) is 0 Å². The summed E-state index contributed by atoms with van der Waals surface area (Å²) in [5.74, 6) is -0.997. The lowest BCUT2D eigenvalue weighted by Gasteiger charge is -2.39. The fourth-order valence-electron chi connectivity index (χ4n) is 4.23. The molecule has 1 aliphatic carbocycles. The Kier molecular flexibility index (Phi) is 4.15. The number of anilines is 1. The van der Waals surface area contributed by atoms with Crippen LogP contribution in [-0.2, 0) is 0 Å². The van der Waals surface area contributed by atoms with Crippen LogP contribution >= 0.6 is 11.6 Å². The van der Waals surface area contributed by atoms with E-state index in [0.717, 1.165) is 23.2 Å². The first-order valence-electron chi connectivity index (χ1n) is 8.62. The maximum absolute atomic E-state index is 11.8. The van der Waals surface area contributed by atoms with Crippen LogP contribution in [0.4, 0.5) is 11.4 Å². The Morgan fingerprint density at radius 2 is 2.11 bits per heavy atom. The molecule has 3 atom stereocenters. The van der Waals surface area contributed by atoms with Gasteiger partial charge in [-0.15, -0.1) is 0 Å². The quantitative estimate of drug-likeness (QED) is 0.437. The Balaban J connectivity index is 1.89. The number of aromatic carboxylic acids is 1. The molecule has 138 valence electrons. The van der Waals surface area contributed by atoms with Crippen LogP contribution in [0.5, 0.6) is 0 Å². The molecule has 2 N–H and O–H groups in total. The number of carboxylic acid groups (broad SMARTS) is 1. The predicted octanol–water partition coefficient (Wildman–Crippen LogP) is 5.08. The van der Waals surface area contributed by atoms with E-state index < -0.39 is 10.9 Å². The van der Waals surface area contributed by atoms with Gasteiger partial charge in [0.15, 0.2) is 0 Å². The fourth-order valence-corrected chi connectivity index (χ4v) is 4.47. The van der Waals surface area contributed by atoms with Gasteiger partial charge >= 0.3 is 5.97 Å². The highest BCUT2D eigenvalue weighted by Gasteiger charge is 2.41. The van der Waals surface area contributed by atoms with Gasteiger partial charge in [-0.05, 0) is 42.5 Å². The number of allylic oxidation sites excluding steroid dienone is 2. The van der Waals surface area contributed by atoms with Gasteiger partial charge in [0, 0.05) is 34.3 Å². The minimum Gasteiger partial charge on any atom is -0.478 e. The van der Waals surface area contributed by atoms with E-state index >= 15 is 0 Å². The van der Waals surface area contributed by atoms with Crippen LogP contribution in [-0.4, -0.2) is 16.0 Å². The third-order valence-corrected chi connectivity index (χ3v) is 5.83. The Bertz CT molecular complexity index is 1000. The maximum atomic E-state index is 11.8. The van der Waals surface area contributed by atoms with E-state index in [-0.39, 0.29) is 29.1 Å². The van der Waals surface area contributed by atoms with Crippen LogP contribution in [0.1, 0.15) is 45.4 Å². The molecule has 0 bridgehead atoms. The van der Waals surface area contributed by atoms with E-state index in [0.29, 0.717) is 10.6 Å². The van der Waals surface area contributed by atoms with Gasteiger partial charge in [-0.1, -0.05) is 29.8 Å². The van der Waals surface area contributed by atoms with Crippen LogP contribution in [0, 0.1) is 23.0 Å². The van der Waals surface area contributed by atoms with Gasteiger partial charge in [-0.25, -0.2) is 4.79 Å². The maximum Gasteiger partial charge on any atom is 0.336 e. The Labute approximate surface area is 160 Å². The van der Waals surface area contributed by atoms with Gasteiger partial charge in [0.2, 0.25) is 0 Å². The Morgan fingerprint density at radius 1 is 1.33 bits per heavy atom. The molecule has 0 unspecified atom stereocenters. The SMILES string of the molecule is Cc1ccc(C(=O)O)c2c1N[C@H](c1cc([N+](=O)[O-])ccc1Cl)[C@H]1CC=C[C@@H]21. The molecule has 7 heteroatoms. The summed E-state index contributed by atoms with van der Waals surface area (Å²) in [6, 6.07) is 7.62. The number of nitro groups is 1. The van der Waals surface area contributed by atoms with Crippen molar-refractivity contribution in [2.75, 3.05) is 5.32 Å². The number of nitrogens with zero attached hydrogens (tertiary/aromatic N) is 1. The number of rotatable bonds is 3. The van der Waals surface area contributed by atoms with Gasteiger partial charge in [0.1, 0.15) is 0 Å². The highest BCUT2D eigenvalue weighted by atomic mass is 35.5. The molecule has 2 aromatic carbocycles. The summed E-state index contributed by atoms with van der Waals surface area (Å²) in [6.45, 7) is 1.92. The molecule has 2 aromatic rings. The topological polar surface area (TPSA) is 92.5 Å². The third-order valence-electron chi connectivity index (χ3n) is 5.48. The molecule has 0 fully saturated rings. The molecule has 0 saturated carbocycles. The fraction of sp³-hybridized carbons (Fsp3) is 0.250. The molecule has 4 rings (SSSR count). The normalized spacial score (nSPS) is 22.7. The van der Waals surface area contributed by atoms with Crippen LogP contribution in [0.3, 0.4) is 0 Å². The molecule has 0 radical (unpaired) electrons. The largest absolute Gasteiger partial charge is 0.478 e. The van der Waals surface area contributed by atoms with Crippen LogP contribution < -0.4 is 5.32 Å². The number of carbonyl (C=O) groups is 1. The molecule has 0 spiro atoms. The summed E-state index contributed by atoms with van der Waals surface area (Å²) in [7, 11) is 0. The summed E-state index contributed by atoms with van der Waals surface area (Å²) < 4.78 is 0. The molecule has 1 heterocycles. The Hall–Kier alpha value is -2.86. The number of hydrogen-bond donors (Lipinski definition) is 2. The summed E-state index contributed by atoms with van der Waals surface area (Å²) >= 11 is 6.40. The minimum atomic E-state index is -0.959. The first-order chi connectivity index (χ1) is 12.9. The van der Waals surface area contributed by atoms with Gasteiger partial charge < -0.3 is 10.4 Å². The third kappa shape index (κ3) is 2.77. The second-order valence-corrected chi connectivity index (χ2v) is 7.37. The number of nitro benzene ring substituents is 1. The second-order valence-electron chi connectivity index (χ2n) is 6.96. The summed E-state index contributed by atoms with van der Waals surface area (Å²) in [4.78, 5) is 22.5. The molecule has 0 amide bonds. The lowest BCUT2D eigenvalue weighted by molar-refractivity contribution is -0.384. The van der Waals surface area contributed by atoms with Crippen LogP contribution in [0.25, 0.3) is 0 Å². The zero-order chi connectivity index (χ0) is 19.3. The van der Waals surface area contributed by atoms with Gasteiger partial charge in [0.05, 0.1) is 16.5 Å². The van der Waals surface area contributed by atoms with Crippen LogP contribution in [0.2, 0.25) is 5.02 Å². The van der Waals surface area contributed by atoms with Crippen molar-refractivity contribution < 1.29 is 14.8 Å². The molecule has 0 aromatic heterocycles. The molecule has 2 aliphatic rings. The number of halogens is 1. The van der Waals surface area contributed by atoms with Gasteiger partial charge in [-0.2, -0.15) is 0 Å².